The molecule has 0 aliphatic carbocycles. The van der Waals surface area contributed by atoms with E-state index in [1.165, 1.54) is 57.8 Å². The van der Waals surface area contributed by atoms with Crippen molar-refractivity contribution in [2.75, 3.05) is 0 Å². The van der Waals surface area contributed by atoms with Gasteiger partial charge < -0.3 is 25.8 Å². The molecule has 5 nitrogen and oxygen atoms in total. The van der Waals surface area contributed by atoms with E-state index in [0.717, 1.165) is 19.3 Å². The smallest absolute Gasteiger partial charge is 0.128 e. The molecule has 0 spiro atoms. The lowest BCUT2D eigenvalue weighted by atomic mass is 9.81. The second kappa shape index (κ2) is 15.4. The summed E-state index contributed by atoms with van der Waals surface area (Å²) in [6, 6.07) is -1.04. The van der Waals surface area contributed by atoms with Crippen molar-refractivity contribution in [2.24, 2.45) is 11.1 Å². The molecule has 0 aliphatic rings. The molecule has 0 amide bonds. The molecule has 0 bridgehead atoms. The van der Waals surface area contributed by atoms with E-state index in [1.807, 2.05) is 0 Å². The van der Waals surface area contributed by atoms with Gasteiger partial charge in [-0.3, -0.25) is 0 Å². The van der Waals surface area contributed by atoms with Crippen LogP contribution in [0.2, 0.25) is 0 Å². The quantitative estimate of drug-likeness (QED) is 0.212. The van der Waals surface area contributed by atoms with Gasteiger partial charge in [-0.25, -0.2) is 0 Å². The largest absolute Gasteiger partial charge is 0.390 e. The first-order chi connectivity index (χ1) is 12.8. The van der Waals surface area contributed by atoms with Gasteiger partial charge >= 0.3 is 0 Å². The predicted molar refractivity (Wildman–Crippen MR) is 112 cm³/mol. The van der Waals surface area contributed by atoms with Crippen LogP contribution < -0.4 is 5.73 Å². The van der Waals surface area contributed by atoms with E-state index in [0.29, 0.717) is 12.7 Å². The summed E-state index contributed by atoms with van der Waals surface area (Å²) < 4.78 is 0. The van der Waals surface area contributed by atoms with Crippen molar-refractivity contribution in [2.45, 2.75) is 129 Å². The zero-order chi connectivity index (χ0) is 20.7. The van der Waals surface area contributed by atoms with Crippen LogP contribution in [0.5, 0.6) is 0 Å². The van der Waals surface area contributed by atoms with Gasteiger partial charge in [0.2, 0.25) is 0 Å². The normalized spacial score (nSPS) is 16.7. The van der Waals surface area contributed by atoms with Gasteiger partial charge in [-0.2, -0.15) is 0 Å². The van der Waals surface area contributed by atoms with Gasteiger partial charge in [0.25, 0.3) is 0 Å². The first-order valence-corrected chi connectivity index (χ1v) is 11.0. The van der Waals surface area contributed by atoms with Gasteiger partial charge in [-0.05, 0) is 6.42 Å². The Kier molecular flexibility index (Phi) is 15.2. The SMILES string of the molecule is CCCCCCCCCCCCCC[C@@H](O)[C@@H](O)[C@@H](N)C(O)C(C)(C)C=O. The maximum absolute atomic E-state index is 11.0. The number of hydrogen-bond donors (Lipinski definition) is 4. The molecule has 5 heteroatoms. The summed E-state index contributed by atoms with van der Waals surface area (Å²) in [5.74, 6) is 0. The number of carbonyl (C=O) groups is 1. The van der Waals surface area contributed by atoms with Crippen molar-refractivity contribution in [3.63, 3.8) is 0 Å². The van der Waals surface area contributed by atoms with Crippen molar-refractivity contribution in [1.29, 1.82) is 0 Å². The lowest BCUT2D eigenvalue weighted by Crippen LogP contribution is -2.55. The van der Waals surface area contributed by atoms with Crippen molar-refractivity contribution in [3.8, 4) is 0 Å². The van der Waals surface area contributed by atoms with Crippen LogP contribution in [0.15, 0.2) is 0 Å². The van der Waals surface area contributed by atoms with Gasteiger partial charge in [-0.1, -0.05) is 97.8 Å². The molecule has 1 unspecified atom stereocenters. The van der Waals surface area contributed by atoms with E-state index in [1.54, 1.807) is 13.8 Å². The van der Waals surface area contributed by atoms with Gasteiger partial charge in [0.15, 0.2) is 0 Å². The Balaban J connectivity index is 3.73. The molecule has 27 heavy (non-hydrogen) atoms. The molecular formula is C22H45NO4. The fourth-order valence-corrected chi connectivity index (χ4v) is 3.37. The zero-order valence-electron chi connectivity index (χ0n) is 17.9. The molecule has 0 saturated carbocycles. The second-order valence-electron chi connectivity index (χ2n) is 8.70. The number of aldehydes is 1. The average molecular weight is 388 g/mol. The van der Waals surface area contributed by atoms with Crippen molar-refractivity contribution < 1.29 is 20.1 Å². The molecular weight excluding hydrogens is 342 g/mol. The maximum Gasteiger partial charge on any atom is 0.128 e. The fraction of sp³-hybridized carbons (Fsp3) is 0.955. The highest BCUT2D eigenvalue weighted by Crippen LogP contribution is 2.22. The van der Waals surface area contributed by atoms with E-state index in [-0.39, 0.29) is 0 Å². The Hall–Kier alpha value is -0.490. The molecule has 5 N–H and O–H groups in total. The monoisotopic (exact) mass is 387 g/mol. The molecule has 0 rings (SSSR count). The first-order valence-electron chi connectivity index (χ1n) is 11.0. The van der Waals surface area contributed by atoms with Crippen LogP contribution in [0, 0.1) is 5.41 Å². The highest BCUT2D eigenvalue weighted by molar-refractivity contribution is 5.59. The van der Waals surface area contributed by atoms with E-state index in [2.05, 4.69) is 6.92 Å². The lowest BCUT2D eigenvalue weighted by Gasteiger charge is -2.33. The van der Waals surface area contributed by atoms with Crippen molar-refractivity contribution in [1.82, 2.24) is 0 Å². The molecule has 0 aliphatic heterocycles. The highest BCUT2D eigenvalue weighted by atomic mass is 16.3. The maximum atomic E-state index is 11.0. The highest BCUT2D eigenvalue weighted by Gasteiger charge is 2.37. The molecule has 0 radical (unpaired) electrons. The number of aliphatic hydroxyl groups excluding tert-OH is 3. The Labute approximate surface area is 166 Å². The molecule has 0 heterocycles. The summed E-state index contributed by atoms with van der Waals surface area (Å²) in [5, 5.41) is 30.4. The minimum atomic E-state index is -1.23. The van der Waals surface area contributed by atoms with Crippen LogP contribution in [-0.2, 0) is 4.79 Å². The molecule has 0 saturated heterocycles. The van der Waals surface area contributed by atoms with Crippen LogP contribution >= 0.6 is 0 Å². The standard InChI is InChI=1S/C22H45NO4/c1-4-5-6-7-8-9-10-11-12-13-14-15-16-18(25)20(26)19(23)21(27)22(2,3)17-24/h17-21,25-27H,4-16,23H2,1-3H3/t18-,19-,20-,21?/m1/s1. The molecule has 0 aromatic carbocycles. The topological polar surface area (TPSA) is 104 Å². The number of nitrogens with two attached hydrogens (primary N) is 1. The molecule has 162 valence electrons. The van der Waals surface area contributed by atoms with Crippen molar-refractivity contribution in [3.05, 3.63) is 0 Å². The molecule has 0 aromatic heterocycles. The number of hydrogen-bond acceptors (Lipinski definition) is 5. The van der Waals surface area contributed by atoms with Crippen LogP contribution in [-0.4, -0.2) is 46.0 Å². The third-order valence-corrected chi connectivity index (χ3v) is 5.57. The zero-order valence-corrected chi connectivity index (χ0v) is 17.9. The Bertz CT molecular complexity index is 362. The minimum Gasteiger partial charge on any atom is -0.390 e. The summed E-state index contributed by atoms with van der Waals surface area (Å²) in [7, 11) is 0. The second-order valence-corrected chi connectivity index (χ2v) is 8.70. The number of carbonyl (C=O) groups excluding carboxylic acids is 1. The van der Waals surface area contributed by atoms with E-state index >= 15 is 0 Å². The number of rotatable bonds is 18. The molecule has 0 aromatic rings. The summed E-state index contributed by atoms with van der Waals surface area (Å²) in [6.45, 7) is 5.37. The van der Waals surface area contributed by atoms with Crippen molar-refractivity contribution >= 4 is 6.29 Å². The van der Waals surface area contributed by atoms with E-state index in [9.17, 15) is 20.1 Å². The fourth-order valence-electron chi connectivity index (χ4n) is 3.37. The van der Waals surface area contributed by atoms with Gasteiger partial charge in [0, 0.05) is 5.41 Å². The van der Waals surface area contributed by atoms with Crippen LogP contribution in [0.1, 0.15) is 104 Å². The number of aliphatic hydroxyl groups is 3. The van der Waals surface area contributed by atoms with E-state index in [4.69, 9.17) is 5.73 Å². The van der Waals surface area contributed by atoms with Crippen LogP contribution in [0.4, 0.5) is 0 Å². The van der Waals surface area contributed by atoms with Crippen LogP contribution in [0.25, 0.3) is 0 Å². The Morgan fingerprint density at radius 1 is 0.815 bits per heavy atom. The lowest BCUT2D eigenvalue weighted by molar-refractivity contribution is -0.124. The summed E-state index contributed by atoms with van der Waals surface area (Å²) in [6.07, 6.45) is 12.6. The first kappa shape index (κ1) is 26.5. The predicted octanol–water partition coefficient (Wildman–Crippen LogP) is 3.71. The summed E-state index contributed by atoms with van der Waals surface area (Å²) in [4.78, 5) is 11.0. The molecule has 0 fully saturated rings. The van der Waals surface area contributed by atoms with Gasteiger partial charge in [-0.15, -0.1) is 0 Å². The third kappa shape index (κ3) is 11.8. The van der Waals surface area contributed by atoms with Gasteiger partial charge in [0.05, 0.1) is 24.4 Å². The van der Waals surface area contributed by atoms with Crippen LogP contribution in [0.3, 0.4) is 0 Å². The Morgan fingerprint density at radius 3 is 1.63 bits per heavy atom. The average Bonchev–Trinajstić information content (AvgIpc) is 2.66. The third-order valence-electron chi connectivity index (χ3n) is 5.57. The number of unbranched alkanes of at least 4 members (excludes halogenated alkanes) is 11. The Morgan fingerprint density at radius 2 is 1.22 bits per heavy atom. The minimum absolute atomic E-state index is 0.459. The van der Waals surface area contributed by atoms with E-state index < -0.39 is 29.8 Å². The van der Waals surface area contributed by atoms with Gasteiger partial charge in [0.1, 0.15) is 6.29 Å². The molecule has 4 atom stereocenters. The summed E-state index contributed by atoms with van der Waals surface area (Å²) >= 11 is 0. The summed E-state index contributed by atoms with van der Waals surface area (Å²) in [5.41, 5.74) is 4.80.